The SMILES string of the molecule is CC(C)C(CN)C(=O)Nc1ccccc1-c1ccccc1. The van der Waals surface area contributed by atoms with E-state index in [9.17, 15) is 4.79 Å². The van der Waals surface area contributed by atoms with Crippen molar-refractivity contribution in [2.75, 3.05) is 11.9 Å². The Hall–Kier alpha value is -2.13. The average Bonchev–Trinajstić information content (AvgIpc) is 2.49. The summed E-state index contributed by atoms with van der Waals surface area (Å²) in [6, 6.07) is 17.9. The molecule has 1 atom stereocenters. The van der Waals surface area contributed by atoms with Gasteiger partial charge in [-0.2, -0.15) is 0 Å². The summed E-state index contributed by atoms with van der Waals surface area (Å²) in [4.78, 5) is 12.4. The van der Waals surface area contributed by atoms with Crippen molar-refractivity contribution in [3.63, 3.8) is 0 Å². The van der Waals surface area contributed by atoms with E-state index in [2.05, 4.69) is 5.32 Å². The fraction of sp³-hybridized carbons (Fsp3) is 0.278. The van der Waals surface area contributed by atoms with Crippen molar-refractivity contribution in [3.05, 3.63) is 54.6 Å². The summed E-state index contributed by atoms with van der Waals surface area (Å²) in [7, 11) is 0. The van der Waals surface area contributed by atoms with Gasteiger partial charge in [0.25, 0.3) is 0 Å². The van der Waals surface area contributed by atoms with Crippen LogP contribution in [0.1, 0.15) is 13.8 Å². The summed E-state index contributed by atoms with van der Waals surface area (Å²) in [6.45, 7) is 4.39. The van der Waals surface area contributed by atoms with Crippen LogP contribution in [0, 0.1) is 11.8 Å². The molecule has 0 aromatic heterocycles. The molecule has 1 amide bonds. The number of amides is 1. The standard InChI is InChI=1S/C18H22N2O/c1-13(2)16(12-19)18(21)20-17-11-7-6-10-15(17)14-8-4-3-5-9-14/h3-11,13,16H,12,19H2,1-2H3,(H,20,21). The number of rotatable bonds is 5. The molecule has 0 saturated carbocycles. The number of carbonyl (C=O) groups is 1. The van der Waals surface area contributed by atoms with Crippen LogP contribution in [0.3, 0.4) is 0 Å². The Morgan fingerprint density at radius 2 is 1.67 bits per heavy atom. The summed E-state index contributed by atoms with van der Waals surface area (Å²) < 4.78 is 0. The van der Waals surface area contributed by atoms with E-state index < -0.39 is 0 Å². The number of benzene rings is 2. The molecule has 0 bridgehead atoms. The van der Waals surface area contributed by atoms with Crippen LogP contribution in [-0.2, 0) is 4.79 Å². The topological polar surface area (TPSA) is 55.1 Å². The lowest BCUT2D eigenvalue weighted by atomic mass is 9.94. The van der Waals surface area contributed by atoms with E-state index in [1.807, 2.05) is 68.4 Å². The molecule has 3 N–H and O–H groups in total. The number of nitrogens with one attached hydrogen (secondary N) is 1. The highest BCUT2D eigenvalue weighted by Gasteiger charge is 2.21. The highest BCUT2D eigenvalue weighted by Crippen LogP contribution is 2.28. The van der Waals surface area contributed by atoms with Crippen LogP contribution in [0.25, 0.3) is 11.1 Å². The van der Waals surface area contributed by atoms with Crippen LogP contribution in [0.5, 0.6) is 0 Å². The minimum Gasteiger partial charge on any atom is -0.330 e. The monoisotopic (exact) mass is 282 g/mol. The molecule has 2 rings (SSSR count). The van der Waals surface area contributed by atoms with Gasteiger partial charge in [-0.25, -0.2) is 0 Å². The predicted octanol–water partition coefficient (Wildman–Crippen LogP) is 3.52. The van der Waals surface area contributed by atoms with Crippen LogP contribution in [-0.4, -0.2) is 12.5 Å². The number of para-hydroxylation sites is 1. The first-order valence-electron chi connectivity index (χ1n) is 7.29. The molecule has 2 aromatic carbocycles. The number of anilines is 1. The average molecular weight is 282 g/mol. The summed E-state index contributed by atoms with van der Waals surface area (Å²) in [5.41, 5.74) is 8.65. The fourth-order valence-corrected chi connectivity index (χ4v) is 2.37. The van der Waals surface area contributed by atoms with Crippen LogP contribution in [0.4, 0.5) is 5.69 Å². The maximum absolute atomic E-state index is 12.4. The van der Waals surface area contributed by atoms with E-state index in [-0.39, 0.29) is 17.7 Å². The van der Waals surface area contributed by atoms with E-state index in [1.54, 1.807) is 0 Å². The molecular weight excluding hydrogens is 260 g/mol. The van der Waals surface area contributed by atoms with Gasteiger partial charge >= 0.3 is 0 Å². The summed E-state index contributed by atoms with van der Waals surface area (Å²) in [5.74, 6) is 0.0311. The van der Waals surface area contributed by atoms with Crippen LogP contribution in [0.15, 0.2) is 54.6 Å². The third kappa shape index (κ3) is 3.70. The minimum atomic E-state index is -0.172. The van der Waals surface area contributed by atoms with Crippen LogP contribution in [0.2, 0.25) is 0 Å². The largest absolute Gasteiger partial charge is 0.330 e. The van der Waals surface area contributed by atoms with Crippen molar-refractivity contribution in [3.8, 4) is 11.1 Å². The summed E-state index contributed by atoms with van der Waals surface area (Å²) in [5, 5.41) is 3.02. The number of carbonyl (C=O) groups excluding carboxylic acids is 1. The van der Waals surface area contributed by atoms with Crippen molar-refractivity contribution in [2.45, 2.75) is 13.8 Å². The molecule has 0 fully saturated rings. The van der Waals surface area contributed by atoms with Crippen molar-refractivity contribution in [2.24, 2.45) is 17.6 Å². The molecule has 0 aliphatic heterocycles. The molecule has 0 saturated heterocycles. The van der Waals surface area contributed by atoms with Gasteiger partial charge in [-0.05, 0) is 17.5 Å². The van der Waals surface area contributed by atoms with Gasteiger partial charge in [-0.3, -0.25) is 4.79 Å². The number of hydrogen-bond donors (Lipinski definition) is 2. The third-order valence-electron chi connectivity index (χ3n) is 3.67. The predicted molar refractivity (Wildman–Crippen MR) is 87.9 cm³/mol. The highest BCUT2D eigenvalue weighted by atomic mass is 16.1. The van der Waals surface area contributed by atoms with E-state index in [4.69, 9.17) is 5.73 Å². The van der Waals surface area contributed by atoms with Crippen molar-refractivity contribution >= 4 is 11.6 Å². The van der Waals surface area contributed by atoms with Gasteiger partial charge in [0, 0.05) is 17.8 Å². The molecule has 2 aromatic rings. The molecule has 0 heterocycles. The summed E-state index contributed by atoms with van der Waals surface area (Å²) in [6.07, 6.45) is 0. The second kappa shape index (κ2) is 7.04. The zero-order valence-corrected chi connectivity index (χ0v) is 12.5. The second-order valence-corrected chi connectivity index (χ2v) is 5.49. The van der Waals surface area contributed by atoms with Crippen molar-refractivity contribution in [1.82, 2.24) is 0 Å². The first-order valence-corrected chi connectivity index (χ1v) is 7.29. The summed E-state index contributed by atoms with van der Waals surface area (Å²) >= 11 is 0. The van der Waals surface area contributed by atoms with Crippen LogP contribution < -0.4 is 11.1 Å². The molecule has 21 heavy (non-hydrogen) atoms. The van der Waals surface area contributed by atoms with E-state index in [0.717, 1.165) is 16.8 Å². The quantitative estimate of drug-likeness (QED) is 0.881. The normalized spacial score (nSPS) is 12.2. The van der Waals surface area contributed by atoms with E-state index in [0.29, 0.717) is 6.54 Å². The van der Waals surface area contributed by atoms with E-state index >= 15 is 0 Å². The Balaban J connectivity index is 2.27. The molecule has 0 aliphatic rings. The van der Waals surface area contributed by atoms with E-state index in [1.165, 1.54) is 0 Å². The highest BCUT2D eigenvalue weighted by molar-refractivity contribution is 5.97. The van der Waals surface area contributed by atoms with Gasteiger partial charge < -0.3 is 11.1 Å². The fourth-order valence-electron chi connectivity index (χ4n) is 2.37. The van der Waals surface area contributed by atoms with Gasteiger partial charge in [0.15, 0.2) is 0 Å². The van der Waals surface area contributed by atoms with Crippen molar-refractivity contribution in [1.29, 1.82) is 0 Å². The Labute approximate surface area is 126 Å². The molecule has 0 spiro atoms. The van der Waals surface area contributed by atoms with Gasteiger partial charge in [-0.15, -0.1) is 0 Å². The second-order valence-electron chi connectivity index (χ2n) is 5.49. The zero-order valence-electron chi connectivity index (χ0n) is 12.5. The van der Waals surface area contributed by atoms with Gasteiger partial charge in [0.1, 0.15) is 0 Å². The lowest BCUT2D eigenvalue weighted by molar-refractivity contribution is -0.120. The molecule has 110 valence electrons. The molecule has 0 aliphatic carbocycles. The lowest BCUT2D eigenvalue weighted by Gasteiger charge is -2.19. The van der Waals surface area contributed by atoms with Gasteiger partial charge in [0.2, 0.25) is 5.91 Å². The smallest absolute Gasteiger partial charge is 0.229 e. The molecule has 0 radical (unpaired) electrons. The first-order chi connectivity index (χ1) is 10.1. The van der Waals surface area contributed by atoms with Crippen molar-refractivity contribution < 1.29 is 4.79 Å². The van der Waals surface area contributed by atoms with Crippen LogP contribution >= 0.6 is 0 Å². The Morgan fingerprint density at radius 3 is 2.29 bits per heavy atom. The Bertz CT molecular complexity index is 593. The Morgan fingerprint density at radius 1 is 1.05 bits per heavy atom. The zero-order chi connectivity index (χ0) is 15.2. The van der Waals surface area contributed by atoms with Gasteiger partial charge in [0.05, 0.1) is 5.92 Å². The molecule has 3 nitrogen and oxygen atoms in total. The number of hydrogen-bond acceptors (Lipinski definition) is 2. The third-order valence-corrected chi connectivity index (χ3v) is 3.67. The molecular formula is C18H22N2O. The Kier molecular flexibility index (Phi) is 5.12. The number of nitrogens with two attached hydrogens (primary N) is 1. The minimum absolute atomic E-state index is 0.0177. The molecule has 1 unspecified atom stereocenters. The maximum Gasteiger partial charge on any atom is 0.229 e. The van der Waals surface area contributed by atoms with Gasteiger partial charge in [-0.1, -0.05) is 62.4 Å². The molecule has 3 heteroatoms. The lowest BCUT2D eigenvalue weighted by Crippen LogP contribution is -2.33. The first kappa shape index (κ1) is 15.3. The maximum atomic E-state index is 12.4.